The Morgan fingerprint density at radius 2 is 2.17 bits per heavy atom. The average molecular weight is 267 g/mol. The fourth-order valence-electron chi connectivity index (χ4n) is 1.16. The molecule has 0 aliphatic rings. The van der Waals surface area contributed by atoms with Crippen molar-refractivity contribution >= 4 is 23.2 Å². The minimum atomic E-state index is -0.379. The van der Waals surface area contributed by atoms with E-state index in [1.165, 1.54) is 6.07 Å². The highest BCUT2D eigenvalue weighted by atomic mass is 35.5. The number of benzene rings is 1. The molecule has 0 spiro atoms. The van der Waals surface area contributed by atoms with Gasteiger partial charge in [0.1, 0.15) is 6.61 Å². The van der Waals surface area contributed by atoms with E-state index in [4.69, 9.17) is 21.6 Å². The van der Waals surface area contributed by atoms with Crippen LogP contribution in [0.5, 0.6) is 0 Å². The third-order valence-corrected chi connectivity index (χ3v) is 2.34. The van der Waals surface area contributed by atoms with Gasteiger partial charge < -0.3 is 10.1 Å². The lowest BCUT2D eigenvalue weighted by atomic mass is 10.2. The van der Waals surface area contributed by atoms with Crippen LogP contribution in [0.25, 0.3) is 0 Å². The van der Waals surface area contributed by atoms with Crippen molar-refractivity contribution in [3.63, 3.8) is 0 Å². The first-order valence-corrected chi connectivity index (χ1v) is 5.83. The lowest BCUT2D eigenvalue weighted by Crippen LogP contribution is -2.27. The molecular weight excluding hydrogens is 252 g/mol. The summed E-state index contributed by atoms with van der Waals surface area (Å²) in [6, 6.07) is 6.66. The Bertz CT molecular complexity index is 487. The van der Waals surface area contributed by atoms with E-state index >= 15 is 0 Å². The predicted octanol–water partition coefficient (Wildman–Crippen LogP) is 2.97. The van der Waals surface area contributed by atoms with E-state index < -0.39 is 0 Å². The normalized spacial score (nSPS) is 10.8. The summed E-state index contributed by atoms with van der Waals surface area (Å²) in [5.41, 5.74) is 0.472. The number of hydrogen-bond acceptors (Lipinski definition) is 3. The molecule has 4 nitrogen and oxygen atoms in total. The highest BCUT2D eigenvalue weighted by molar-refractivity contribution is 6.33. The van der Waals surface area contributed by atoms with Gasteiger partial charge in [0, 0.05) is 0 Å². The van der Waals surface area contributed by atoms with Gasteiger partial charge in [-0.3, -0.25) is 4.79 Å². The molecule has 1 aromatic carbocycles. The number of carbonyl (C=O) groups is 1. The Balaban J connectivity index is 2.68. The molecule has 0 heterocycles. The van der Waals surface area contributed by atoms with Gasteiger partial charge in [-0.15, -0.1) is 0 Å². The maximum atomic E-state index is 11.6. The van der Waals surface area contributed by atoms with Crippen molar-refractivity contribution in [2.45, 2.75) is 26.4 Å². The molecule has 18 heavy (non-hydrogen) atoms. The van der Waals surface area contributed by atoms with E-state index in [9.17, 15) is 4.79 Å². The standard InChI is InChI=1S/C13H15ClN2O2/c1-13(2,3)18-8-12(17)16-11-6-9(7-15)4-5-10(11)14/h4-6H,8H2,1-3H3,(H,16,17). The summed E-state index contributed by atoms with van der Waals surface area (Å²) in [6.07, 6.45) is 0. The first kappa shape index (κ1) is 14.5. The molecule has 0 bridgehead atoms. The van der Waals surface area contributed by atoms with Crippen molar-refractivity contribution in [3.8, 4) is 6.07 Å². The van der Waals surface area contributed by atoms with E-state index in [0.717, 1.165) is 0 Å². The van der Waals surface area contributed by atoms with Crippen LogP contribution in [0.15, 0.2) is 18.2 Å². The summed E-state index contributed by atoms with van der Waals surface area (Å²) in [5.74, 6) is -0.304. The average Bonchev–Trinajstić information content (AvgIpc) is 2.28. The summed E-state index contributed by atoms with van der Waals surface area (Å²) in [5, 5.41) is 11.8. The molecule has 0 aromatic heterocycles. The van der Waals surface area contributed by atoms with Crippen LogP contribution in [-0.4, -0.2) is 18.1 Å². The number of hydrogen-bond donors (Lipinski definition) is 1. The molecule has 0 unspecified atom stereocenters. The van der Waals surface area contributed by atoms with Gasteiger partial charge in [0.05, 0.1) is 27.9 Å². The SMILES string of the molecule is CC(C)(C)OCC(=O)Nc1cc(C#N)ccc1Cl. The van der Waals surface area contributed by atoms with Crippen LogP contribution in [0.2, 0.25) is 5.02 Å². The first-order valence-electron chi connectivity index (χ1n) is 5.45. The fourth-order valence-corrected chi connectivity index (χ4v) is 1.32. The molecule has 0 atom stereocenters. The van der Waals surface area contributed by atoms with Gasteiger partial charge in [0.2, 0.25) is 5.91 Å². The highest BCUT2D eigenvalue weighted by Crippen LogP contribution is 2.22. The molecule has 0 saturated heterocycles. The van der Waals surface area contributed by atoms with Gasteiger partial charge in [-0.25, -0.2) is 0 Å². The largest absolute Gasteiger partial charge is 0.366 e. The number of nitrogens with one attached hydrogen (secondary N) is 1. The van der Waals surface area contributed by atoms with Crippen molar-refractivity contribution in [1.82, 2.24) is 0 Å². The Hall–Kier alpha value is -1.57. The van der Waals surface area contributed by atoms with Gasteiger partial charge in [-0.05, 0) is 39.0 Å². The van der Waals surface area contributed by atoms with Crippen molar-refractivity contribution in [2.24, 2.45) is 0 Å². The number of rotatable bonds is 3. The lowest BCUT2D eigenvalue weighted by molar-refractivity contribution is -0.125. The van der Waals surface area contributed by atoms with E-state index in [2.05, 4.69) is 5.32 Å². The summed E-state index contributed by atoms with van der Waals surface area (Å²) >= 11 is 5.92. The van der Waals surface area contributed by atoms with Crippen LogP contribution in [0.1, 0.15) is 26.3 Å². The second-order valence-corrected chi connectivity index (χ2v) is 5.16. The van der Waals surface area contributed by atoms with Gasteiger partial charge >= 0.3 is 0 Å². The molecule has 5 heteroatoms. The van der Waals surface area contributed by atoms with Crippen LogP contribution in [0.3, 0.4) is 0 Å². The van der Waals surface area contributed by atoms with E-state index in [1.54, 1.807) is 12.1 Å². The Morgan fingerprint density at radius 1 is 1.50 bits per heavy atom. The van der Waals surface area contributed by atoms with Crippen LogP contribution < -0.4 is 5.32 Å². The number of amides is 1. The molecule has 1 rings (SSSR count). The molecule has 96 valence electrons. The molecule has 1 aromatic rings. The summed E-state index contributed by atoms with van der Waals surface area (Å²) < 4.78 is 5.34. The molecule has 0 fully saturated rings. The zero-order valence-corrected chi connectivity index (χ0v) is 11.3. The highest BCUT2D eigenvalue weighted by Gasteiger charge is 2.13. The smallest absolute Gasteiger partial charge is 0.250 e. The number of ether oxygens (including phenoxy) is 1. The van der Waals surface area contributed by atoms with Crippen LogP contribution in [-0.2, 0) is 9.53 Å². The molecule has 1 amide bonds. The van der Waals surface area contributed by atoms with Gasteiger partial charge in [0.25, 0.3) is 0 Å². The van der Waals surface area contributed by atoms with Crippen LogP contribution >= 0.6 is 11.6 Å². The molecule has 0 aliphatic heterocycles. The van der Waals surface area contributed by atoms with Crippen molar-refractivity contribution in [3.05, 3.63) is 28.8 Å². The second-order valence-electron chi connectivity index (χ2n) is 4.76. The maximum Gasteiger partial charge on any atom is 0.250 e. The zero-order valence-electron chi connectivity index (χ0n) is 10.6. The predicted molar refractivity (Wildman–Crippen MR) is 70.5 cm³/mol. The van der Waals surface area contributed by atoms with Crippen LogP contribution in [0.4, 0.5) is 5.69 Å². The quantitative estimate of drug-likeness (QED) is 0.915. The first-order chi connectivity index (χ1) is 8.31. The summed E-state index contributed by atoms with van der Waals surface area (Å²) in [4.78, 5) is 11.6. The number of nitriles is 1. The minimum absolute atomic E-state index is 0.0589. The lowest BCUT2D eigenvalue weighted by Gasteiger charge is -2.19. The van der Waals surface area contributed by atoms with Crippen molar-refractivity contribution in [1.29, 1.82) is 5.26 Å². The maximum absolute atomic E-state index is 11.6. The summed E-state index contributed by atoms with van der Waals surface area (Å²) in [6.45, 7) is 5.54. The van der Waals surface area contributed by atoms with Gasteiger partial charge in [-0.2, -0.15) is 5.26 Å². The number of anilines is 1. The Labute approximate surface area is 112 Å². The topological polar surface area (TPSA) is 62.1 Å². The van der Waals surface area contributed by atoms with Crippen molar-refractivity contribution in [2.75, 3.05) is 11.9 Å². The molecular formula is C13H15ClN2O2. The minimum Gasteiger partial charge on any atom is -0.366 e. The molecule has 0 aliphatic carbocycles. The van der Waals surface area contributed by atoms with Gasteiger partial charge in [0.15, 0.2) is 0 Å². The van der Waals surface area contributed by atoms with E-state index in [-0.39, 0.29) is 18.1 Å². The van der Waals surface area contributed by atoms with Crippen molar-refractivity contribution < 1.29 is 9.53 Å². The second kappa shape index (κ2) is 5.85. The molecule has 1 N–H and O–H groups in total. The van der Waals surface area contributed by atoms with E-state index in [0.29, 0.717) is 16.3 Å². The Morgan fingerprint density at radius 3 is 2.72 bits per heavy atom. The number of nitrogens with zero attached hydrogens (tertiary/aromatic N) is 1. The molecule has 0 saturated carbocycles. The third-order valence-electron chi connectivity index (χ3n) is 2.01. The number of halogens is 1. The van der Waals surface area contributed by atoms with Crippen LogP contribution in [0, 0.1) is 11.3 Å². The number of carbonyl (C=O) groups excluding carboxylic acids is 1. The molecule has 0 radical (unpaired) electrons. The van der Waals surface area contributed by atoms with E-state index in [1.807, 2.05) is 26.8 Å². The fraction of sp³-hybridized carbons (Fsp3) is 0.385. The monoisotopic (exact) mass is 266 g/mol. The third kappa shape index (κ3) is 4.74. The van der Waals surface area contributed by atoms with Gasteiger partial charge in [-0.1, -0.05) is 11.6 Å². The zero-order chi connectivity index (χ0) is 13.8. The Kier molecular flexibility index (Phi) is 4.71. The summed E-state index contributed by atoms with van der Waals surface area (Å²) in [7, 11) is 0.